The molecule has 0 spiro atoms. The third kappa shape index (κ3) is 2.90. The molecule has 17 heavy (non-hydrogen) atoms. The maximum atomic E-state index is 6.34. The lowest BCUT2D eigenvalue weighted by Gasteiger charge is -2.33. The maximum absolute atomic E-state index is 6.34. The Morgan fingerprint density at radius 1 is 1.29 bits per heavy atom. The van der Waals surface area contributed by atoms with Crippen LogP contribution in [0, 0.1) is 5.41 Å². The average molecular weight is 231 g/mol. The molecule has 2 atom stereocenters. The Labute approximate surface area is 105 Å². The molecule has 1 aromatic carbocycles. The van der Waals surface area contributed by atoms with Crippen molar-refractivity contribution in [2.75, 3.05) is 0 Å². The molecule has 0 radical (unpaired) electrons. The molecule has 0 bridgehead atoms. The van der Waals surface area contributed by atoms with Gasteiger partial charge in [0.05, 0.1) is 0 Å². The van der Waals surface area contributed by atoms with E-state index in [1.807, 2.05) is 0 Å². The summed E-state index contributed by atoms with van der Waals surface area (Å²) >= 11 is 0. The molecule has 0 fully saturated rings. The fourth-order valence-corrected chi connectivity index (χ4v) is 2.76. The molecule has 0 heterocycles. The number of aryl methyl sites for hydroxylation is 1. The van der Waals surface area contributed by atoms with Gasteiger partial charge in [-0.3, -0.25) is 0 Å². The standard InChI is InChI=1S/C16H25N/c1-16(2,3)15(17)11-13-9-6-8-12-7-4-5-10-14(12)13/h4-5,7,10,13,15H,6,8-9,11,17H2,1-3H3. The molecular formula is C16H25N. The van der Waals surface area contributed by atoms with E-state index in [0.29, 0.717) is 12.0 Å². The van der Waals surface area contributed by atoms with Crippen molar-refractivity contribution in [2.45, 2.75) is 58.4 Å². The van der Waals surface area contributed by atoms with E-state index in [1.54, 1.807) is 11.1 Å². The van der Waals surface area contributed by atoms with Crippen LogP contribution in [0.4, 0.5) is 0 Å². The fraction of sp³-hybridized carbons (Fsp3) is 0.625. The molecule has 0 saturated heterocycles. The van der Waals surface area contributed by atoms with Crippen molar-refractivity contribution in [3.8, 4) is 0 Å². The van der Waals surface area contributed by atoms with Gasteiger partial charge in [0.1, 0.15) is 0 Å². The Morgan fingerprint density at radius 3 is 2.71 bits per heavy atom. The lowest BCUT2D eigenvalue weighted by atomic mass is 9.75. The van der Waals surface area contributed by atoms with E-state index in [4.69, 9.17) is 5.73 Å². The number of benzene rings is 1. The molecule has 2 unspecified atom stereocenters. The minimum absolute atomic E-state index is 0.215. The summed E-state index contributed by atoms with van der Waals surface area (Å²) < 4.78 is 0. The quantitative estimate of drug-likeness (QED) is 0.821. The largest absolute Gasteiger partial charge is 0.327 e. The Balaban J connectivity index is 2.14. The third-order valence-electron chi connectivity index (χ3n) is 4.14. The number of rotatable bonds is 2. The van der Waals surface area contributed by atoms with Crippen molar-refractivity contribution in [1.29, 1.82) is 0 Å². The first-order chi connectivity index (χ1) is 7.98. The van der Waals surface area contributed by atoms with E-state index in [2.05, 4.69) is 45.0 Å². The minimum Gasteiger partial charge on any atom is -0.327 e. The Morgan fingerprint density at radius 2 is 2.00 bits per heavy atom. The molecule has 1 aliphatic carbocycles. The SMILES string of the molecule is CC(C)(C)C(N)CC1CCCc2ccccc21. The van der Waals surface area contributed by atoms with Gasteiger partial charge in [-0.15, -0.1) is 0 Å². The van der Waals surface area contributed by atoms with Crippen LogP contribution in [0.1, 0.15) is 57.1 Å². The molecule has 0 aliphatic heterocycles. The molecule has 0 saturated carbocycles. The summed E-state index contributed by atoms with van der Waals surface area (Å²) in [7, 11) is 0. The summed E-state index contributed by atoms with van der Waals surface area (Å²) in [5.41, 5.74) is 9.65. The zero-order chi connectivity index (χ0) is 12.5. The van der Waals surface area contributed by atoms with E-state index in [1.165, 1.54) is 19.3 Å². The summed E-state index contributed by atoms with van der Waals surface area (Å²) in [6.07, 6.45) is 5.00. The number of nitrogens with two attached hydrogens (primary N) is 1. The second-order valence-electron chi connectivity index (χ2n) is 6.50. The second-order valence-corrected chi connectivity index (χ2v) is 6.50. The van der Waals surface area contributed by atoms with Crippen molar-refractivity contribution in [2.24, 2.45) is 11.1 Å². The molecule has 1 nitrogen and oxygen atoms in total. The first kappa shape index (κ1) is 12.6. The van der Waals surface area contributed by atoms with E-state index in [0.717, 1.165) is 6.42 Å². The zero-order valence-corrected chi connectivity index (χ0v) is 11.4. The predicted octanol–water partition coefficient (Wildman–Crippen LogP) is 3.87. The van der Waals surface area contributed by atoms with Gasteiger partial charge in [0.15, 0.2) is 0 Å². The average Bonchev–Trinajstić information content (AvgIpc) is 2.28. The Kier molecular flexibility index (Phi) is 3.58. The van der Waals surface area contributed by atoms with Gasteiger partial charge in [-0.05, 0) is 48.1 Å². The summed E-state index contributed by atoms with van der Waals surface area (Å²) in [4.78, 5) is 0. The maximum Gasteiger partial charge on any atom is 0.00934 e. The lowest BCUT2D eigenvalue weighted by Crippen LogP contribution is -2.36. The first-order valence-electron chi connectivity index (χ1n) is 6.82. The molecule has 94 valence electrons. The van der Waals surface area contributed by atoms with Gasteiger partial charge in [-0.1, -0.05) is 45.0 Å². The van der Waals surface area contributed by atoms with Crippen molar-refractivity contribution in [3.05, 3.63) is 35.4 Å². The van der Waals surface area contributed by atoms with Crippen LogP contribution in [-0.2, 0) is 6.42 Å². The molecule has 2 N–H and O–H groups in total. The van der Waals surface area contributed by atoms with Gasteiger partial charge in [-0.25, -0.2) is 0 Å². The van der Waals surface area contributed by atoms with Crippen LogP contribution < -0.4 is 5.73 Å². The molecule has 0 amide bonds. The van der Waals surface area contributed by atoms with Crippen molar-refractivity contribution >= 4 is 0 Å². The molecule has 1 aliphatic rings. The summed E-state index contributed by atoms with van der Waals surface area (Å²) in [6.45, 7) is 6.73. The van der Waals surface area contributed by atoms with Crippen LogP contribution in [0.3, 0.4) is 0 Å². The first-order valence-corrected chi connectivity index (χ1v) is 6.82. The van der Waals surface area contributed by atoms with Crippen LogP contribution in [0.2, 0.25) is 0 Å². The normalized spacial score (nSPS) is 22.0. The topological polar surface area (TPSA) is 26.0 Å². The van der Waals surface area contributed by atoms with Crippen LogP contribution in [0.5, 0.6) is 0 Å². The van der Waals surface area contributed by atoms with Gasteiger partial charge in [-0.2, -0.15) is 0 Å². The second kappa shape index (κ2) is 4.81. The van der Waals surface area contributed by atoms with E-state index in [9.17, 15) is 0 Å². The van der Waals surface area contributed by atoms with Crippen molar-refractivity contribution in [1.82, 2.24) is 0 Å². The Bertz CT molecular complexity index is 375. The Hall–Kier alpha value is -0.820. The molecule has 2 rings (SSSR count). The highest BCUT2D eigenvalue weighted by molar-refractivity contribution is 5.32. The van der Waals surface area contributed by atoms with Crippen LogP contribution in [-0.4, -0.2) is 6.04 Å². The predicted molar refractivity (Wildman–Crippen MR) is 74.2 cm³/mol. The van der Waals surface area contributed by atoms with Crippen molar-refractivity contribution < 1.29 is 0 Å². The van der Waals surface area contributed by atoms with Crippen molar-refractivity contribution in [3.63, 3.8) is 0 Å². The van der Waals surface area contributed by atoms with E-state index < -0.39 is 0 Å². The third-order valence-corrected chi connectivity index (χ3v) is 4.14. The van der Waals surface area contributed by atoms with Crippen LogP contribution in [0.15, 0.2) is 24.3 Å². The smallest absolute Gasteiger partial charge is 0.00934 e. The van der Waals surface area contributed by atoms with Gasteiger partial charge in [0.2, 0.25) is 0 Å². The van der Waals surface area contributed by atoms with Gasteiger partial charge in [0, 0.05) is 6.04 Å². The monoisotopic (exact) mass is 231 g/mol. The van der Waals surface area contributed by atoms with E-state index in [-0.39, 0.29) is 5.41 Å². The molecule has 1 heteroatoms. The number of hydrogen-bond acceptors (Lipinski definition) is 1. The lowest BCUT2D eigenvalue weighted by molar-refractivity contribution is 0.283. The van der Waals surface area contributed by atoms with Gasteiger partial charge < -0.3 is 5.73 Å². The van der Waals surface area contributed by atoms with Gasteiger partial charge in [0.25, 0.3) is 0 Å². The van der Waals surface area contributed by atoms with Gasteiger partial charge >= 0.3 is 0 Å². The highest BCUT2D eigenvalue weighted by atomic mass is 14.7. The minimum atomic E-state index is 0.215. The molecule has 0 aromatic heterocycles. The molecular weight excluding hydrogens is 206 g/mol. The van der Waals surface area contributed by atoms with Crippen LogP contribution in [0.25, 0.3) is 0 Å². The molecule has 1 aromatic rings. The highest BCUT2D eigenvalue weighted by Crippen LogP contribution is 2.36. The van der Waals surface area contributed by atoms with Crippen LogP contribution >= 0.6 is 0 Å². The number of hydrogen-bond donors (Lipinski definition) is 1. The summed E-state index contributed by atoms with van der Waals surface area (Å²) in [6, 6.07) is 9.20. The highest BCUT2D eigenvalue weighted by Gasteiger charge is 2.27. The van der Waals surface area contributed by atoms with E-state index >= 15 is 0 Å². The summed E-state index contributed by atoms with van der Waals surface area (Å²) in [5, 5.41) is 0. The number of fused-ring (bicyclic) bond motifs is 1. The fourth-order valence-electron chi connectivity index (χ4n) is 2.76. The zero-order valence-electron chi connectivity index (χ0n) is 11.4. The summed E-state index contributed by atoms with van der Waals surface area (Å²) in [5.74, 6) is 0.675.